The van der Waals surface area contributed by atoms with Gasteiger partial charge in [-0.05, 0) is 28.8 Å². The number of nitrogens with zero attached hydrogens (tertiary/aromatic N) is 1. The molecule has 2 atom stereocenters. The summed E-state index contributed by atoms with van der Waals surface area (Å²) in [5.74, 6) is 0.695. The van der Waals surface area contributed by atoms with E-state index in [1.807, 2.05) is 65.6 Å². The first-order valence-electron chi connectivity index (χ1n) is 10.6. The average Bonchev–Trinajstić information content (AvgIpc) is 2.85. The van der Waals surface area contributed by atoms with Crippen LogP contribution in [0.4, 0.5) is 0 Å². The second kappa shape index (κ2) is 10.3. The van der Waals surface area contributed by atoms with E-state index in [4.69, 9.17) is 14.2 Å². The van der Waals surface area contributed by atoms with Crippen molar-refractivity contribution in [2.24, 2.45) is 0 Å². The van der Waals surface area contributed by atoms with Gasteiger partial charge in [-0.2, -0.15) is 0 Å². The van der Waals surface area contributed by atoms with Crippen LogP contribution in [0.5, 0.6) is 11.5 Å². The fourth-order valence-electron chi connectivity index (χ4n) is 3.91. The van der Waals surface area contributed by atoms with E-state index in [2.05, 4.69) is 0 Å². The van der Waals surface area contributed by atoms with Crippen LogP contribution in [-0.4, -0.2) is 42.3 Å². The third kappa shape index (κ3) is 5.10. The molecule has 0 aliphatic carbocycles. The van der Waals surface area contributed by atoms with Crippen LogP contribution in [0.3, 0.4) is 0 Å². The molecule has 1 N–H and O–H groups in total. The summed E-state index contributed by atoms with van der Waals surface area (Å²) in [5, 5.41) is 11.4. The van der Waals surface area contributed by atoms with Gasteiger partial charge in [-0.3, -0.25) is 9.69 Å². The Balaban J connectivity index is 1.68. The minimum Gasteiger partial charge on any atom is -0.486 e. The van der Waals surface area contributed by atoms with Crippen molar-refractivity contribution in [3.05, 3.63) is 95.6 Å². The van der Waals surface area contributed by atoms with Crippen LogP contribution in [0, 0.1) is 0 Å². The number of carbonyl (C=O) groups excluding carboxylic acids is 1. The Bertz CT molecular complexity index is 983. The van der Waals surface area contributed by atoms with Gasteiger partial charge in [0, 0.05) is 13.1 Å². The summed E-state index contributed by atoms with van der Waals surface area (Å²) in [4.78, 5) is 14.9. The lowest BCUT2D eigenvalue weighted by atomic mass is 9.98. The fourth-order valence-corrected chi connectivity index (χ4v) is 3.91. The maximum atomic E-state index is 13.0. The Morgan fingerprint density at radius 3 is 2.03 bits per heavy atom. The molecule has 0 amide bonds. The predicted octanol–water partition coefficient (Wildman–Crippen LogP) is 3.74. The van der Waals surface area contributed by atoms with Crippen molar-refractivity contribution < 1.29 is 24.1 Å². The van der Waals surface area contributed by atoms with Crippen LogP contribution in [0.15, 0.2) is 78.9 Å². The fraction of sp³-hybridized carbons (Fsp3) is 0.269. The highest BCUT2D eigenvalue weighted by Gasteiger charge is 2.35. The summed E-state index contributed by atoms with van der Waals surface area (Å²) < 4.78 is 16.4. The van der Waals surface area contributed by atoms with E-state index in [9.17, 15) is 9.90 Å². The number of hydrogen-bond donors (Lipinski definition) is 1. The van der Waals surface area contributed by atoms with Gasteiger partial charge in [-0.1, -0.05) is 66.7 Å². The molecule has 6 nitrogen and oxygen atoms in total. The molecule has 4 rings (SSSR count). The molecule has 0 aromatic heterocycles. The molecule has 0 radical (unpaired) electrons. The third-order valence-corrected chi connectivity index (χ3v) is 5.50. The number of hydrogen-bond acceptors (Lipinski definition) is 6. The molecule has 3 aromatic rings. The summed E-state index contributed by atoms with van der Waals surface area (Å²) in [7, 11) is 1.34. The SMILES string of the molecule is COC(=O)[C@H]([C@H](O)c1ccc2c(c1)OCCO2)N(Cc1ccccc1)Cc1ccccc1. The van der Waals surface area contributed by atoms with Gasteiger partial charge in [-0.15, -0.1) is 0 Å². The van der Waals surface area contributed by atoms with Crippen LogP contribution in [0.2, 0.25) is 0 Å². The molecule has 1 aliphatic rings. The first-order valence-corrected chi connectivity index (χ1v) is 10.6. The zero-order valence-corrected chi connectivity index (χ0v) is 18.0. The third-order valence-electron chi connectivity index (χ3n) is 5.50. The van der Waals surface area contributed by atoms with E-state index in [0.29, 0.717) is 43.4 Å². The van der Waals surface area contributed by atoms with Crippen molar-refractivity contribution in [1.82, 2.24) is 4.90 Å². The zero-order valence-electron chi connectivity index (χ0n) is 18.0. The molecular weight excluding hydrogens is 406 g/mol. The highest BCUT2D eigenvalue weighted by Crippen LogP contribution is 2.35. The molecule has 166 valence electrons. The standard InChI is InChI=1S/C26H27NO5/c1-30-26(29)24(25(28)21-12-13-22-23(16-21)32-15-14-31-22)27(17-19-8-4-2-5-9-19)18-20-10-6-3-7-11-20/h2-13,16,24-25,28H,14-15,17-18H2,1H3/t24-,25+/m0/s1. The van der Waals surface area contributed by atoms with Gasteiger partial charge in [0.05, 0.1) is 7.11 Å². The van der Waals surface area contributed by atoms with Gasteiger partial charge >= 0.3 is 5.97 Å². The van der Waals surface area contributed by atoms with Crippen LogP contribution in [0.1, 0.15) is 22.8 Å². The number of rotatable bonds is 8. The minimum absolute atomic E-state index is 0.446. The van der Waals surface area contributed by atoms with E-state index in [1.54, 1.807) is 18.2 Å². The summed E-state index contributed by atoms with van der Waals surface area (Å²) in [6.07, 6.45) is -1.12. The van der Waals surface area contributed by atoms with Gasteiger partial charge in [0.25, 0.3) is 0 Å². The van der Waals surface area contributed by atoms with Crippen molar-refractivity contribution in [2.45, 2.75) is 25.2 Å². The van der Waals surface area contributed by atoms with E-state index >= 15 is 0 Å². The molecule has 1 heterocycles. The molecule has 0 unspecified atom stereocenters. The summed E-state index contributed by atoms with van der Waals surface area (Å²) in [5.41, 5.74) is 2.63. The topological polar surface area (TPSA) is 68.2 Å². The van der Waals surface area contributed by atoms with Gasteiger partial charge in [0.1, 0.15) is 25.4 Å². The largest absolute Gasteiger partial charge is 0.486 e. The monoisotopic (exact) mass is 433 g/mol. The molecule has 0 spiro atoms. The molecule has 1 aliphatic heterocycles. The molecule has 0 bridgehead atoms. The lowest BCUT2D eigenvalue weighted by Crippen LogP contribution is -2.45. The van der Waals surface area contributed by atoms with Crippen LogP contribution >= 0.6 is 0 Å². The number of benzene rings is 3. The molecule has 6 heteroatoms. The lowest BCUT2D eigenvalue weighted by molar-refractivity contribution is -0.152. The normalized spacial score (nSPS) is 14.6. The molecule has 32 heavy (non-hydrogen) atoms. The second-order valence-electron chi connectivity index (χ2n) is 7.69. The lowest BCUT2D eigenvalue weighted by Gasteiger charge is -2.33. The molecule has 0 fully saturated rings. The Kier molecular flexibility index (Phi) is 7.04. The minimum atomic E-state index is -1.12. The molecular formula is C26H27NO5. The van der Waals surface area contributed by atoms with Crippen molar-refractivity contribution in [3.63, 3.8) is 0 Å². The van der Waals surface area contributed by atoms with Gasteiger partial charge in [-0.25, -0.2) is 0 Å². The van der Waals surface area contributed by atoms with Gasteiger partial charge in [0.15, 0.2) is 11.5 Å². The number of aliphatic hydroxyl groups excluding tert-OH is 1. The van der Waals surface area contributed by atoms with Gasteiger partial charge in [0.2, 0.25) is 0 Å². The van der Waals surface area contributed by atoms with Crippen LogP contribution in [-0.2, 0) is 22.6 Å². The number of methoxy groups -OCH3 is 1. The maximum absolute atomic E-state index is 13.0. The van der Waals surface area contributed by atoms with Crippen LogP contribution in [0.25, 0.3) is 0 Å². The Morgan fingerprint density at radius 1 is 0.906 bits per heavy atom. The molecule has 0 saturated carbocycles. The highest BCUT2D eigenvalue weighted by atomic mass is 16.6. The van der Waals surface area contributed by atoms with E-state index in [-0.39, 0.29) is 0 Å². The zero-order chi connectivity index (χ0) is 22.3. The quantitative estimate of drug-likeness (QED) is 0.546. The number of aliphatic hydroxyl groups is 1. The van der Waals surface area contributed by atoms with E-state index < -0.39 is 18.1 Å². The number of ether oxygens (including phenoxy) is 3. The second-order valence-corrected chi connectivity index (χ2v) is 7.69. The smallest absolute Gasteiger partial charge is 0.326 e. The maximum Gasteiger partial charge on any atom is 0.326 e. The summed E-state index contributed by atoms with van der Waals surface area (Å²) >= 11 is 0. The first kappa shape index (κ1) is 21.9. The van der Waals surface area contributed by atoms with Crippen molar-refractivity contribution in [2.75, 3.05) is 20.3 Å². The summed E-state index contributed by atoms with van der Waals surface area (Å²) in [6.45, 7) is 1.87. The summed E-state index contributed by atoms with van der Waals surface area (Å²) in [6, 6.07) is 24.1. The predicted molar refractivity (Wildman–Crippen MR) is 120 cm³/mol. The Labute approximate surface area is 188 Å². The molecule has 0 saturated heterocycles. The average molecular weight is 434 g/mol. The number of fused-ring (bicyclic) bond motifs is 1. The van der Waals surface area contributed by atoms with E-state index in [1.165, 1.54) is 7.11 Å². The Morgan fingerprint density at radius 2 is 1.47 bits per heavy atom. The van der Waals surface area contributed by atoms with Crippen LogP contribution < -0.4 is 9.47 Å². The molecule has 3 aromatic carbocycles. The highest BCUT2D eigenvalue weighted by molar-refractivity contribution is 5.77. The van der Waals surface area contributed by atoms with Crippen molar-refractivity contribution >= 4 is 5.97 Å². The number of carbonyl (C=O) groups is 1. The van der Waals surface area contributed by atoms with Crippen molar-refractivity contribution in [3.8, 4) is 11.5 Å². The van der Waals surface area contributed by atoms with Gasteiger partial charge < -0.3 is 19.3 Å². The first-order chi connectivity index (χ1) is 15.7. The van der Waals surface area contributed by atoms with Crippen molar-refractivity contribution in [1.29, 1.82) is 0 Å². The number of esters is 1. The van der Waals surface area contributed by atoms with E-state index in [0.717, 1.165) is 11.1 Å². The Hall–Kier alpha value is -3.35.